The fourth-order valence-corrected chi connectivity index (χ4v) is 4.83. The van der Waals surface area contributed by atoms with Crippen LogP contribution in [-0.4, -0.2) is 67.1 Å². The van der Waals surface area contributed by atoms with Crippen molar-refractivity contribution in [3.8, 4) is 0 Å². The molecule has 0 aromatic heterocycles. The van der Waals surface area contributed by atoms with Gasteiger partial charge in [0.15, 0.2) is 0 Å². The Labute approximate surface area is 195 Å². The van der Waals surface area contributed by atoms with Crippen molar-refractivity contribution in [1.29, 1.82) is 0 Å². The van der Waals surface area contributed by atoms with Crippen molar-refractivity contribution in [1.82, 2.24) is 10.4 Å². The summed E-state index contributed by atoms with van der Waals surface area (Å²) >= 11 is 0. The zero-order valence-electron chi connectivity index (χ0n) is 18.9. The van der Waals surface area contributed by atoms with Crippen molar-refractivity contribution in [2.24, 2.45) is 0 Å². The quantitative estimate of drug-likeness (QED) is 0.309. The Morgan fingerprint density at radius 1 is 1.15 bits per heavy atom. The van der Waals surface area contributed by atoms with E-state index in [1.807, 2.05) is 6.07 Å². The van der Waals surface area contributed by atoms with Crippen LogP contribution in [0.15, 0.2) is 48.5 Å². The molecule has 1 amide bonds. The normalized spacial score (nSPS) is 18.2. The van der Waals surface area contributed by atoms with Gasteiger partial charge >= 0.3 is 0 Å². The van der Waals surface area contributed by atoms with Crippen molar-refractivity contribution in [2.75, 3.05) is 50.9 Å². The molecule has 0 radical (unpaired) electrons. The van der Waals surface area contributed by atoms with E-state index in [4.69, 9.17) is 9.94 Å². The largest absolute Gasteiger partial charge is 0.395 e. The Hall–Kier alpha value is -2.71. The van der Waals surface area contributed by atoms with Gasteiger partial charge < -0.3 is 14.7 Å². The minimum atomic E-state index is -0.541. The Kier molecular flexibility index (Phi) is 8.12. The minimum Gasteiger partial charge on any atom is -0.395 e. The first kappa shape index (κ1) is 23.4. The van der Waals surface area contributed by atoms with Gasteiger partial charge in [-0.3, -0.25) is 14.9 Å². The summed E-state index contributed by atoms with van der Waals surface area (Å²) in [5.41, 5.74) is 7.68. The molecule has 3 N–H and O–H groups in total. The molecule has 4 rings (SSSR count). The second kappa shape index (κ2) is 11.4. The monoisotopic (exact) mass is 451 g/mol. The third-order valence-electron chi connectivity index (χ3n) is 6.58. The van der Waals surface area contributed by atoms with E-state index in [2.05, 4.69) is 46.2 Å². The molecule has 2 aliphatic rings. The highest BCUT2D eigenvalue weighted by molar-refractivity contribution is 5.90. The number of aliphatic hydroxyl groups is 1. The van der Waals surface area contributed by atoms with Crippen LogP contribution >= 0.6 is 0 Å². The third-order valence-corrected chi connectivity index (χ3v) is 6.58. The Morgan fingerprint density at radius 3 is 2.67 bits per heavy atom. The number of benzene rings is 2. The number of carbonyl (C=O) groups is 1. The number of hydrogen-bond acceptors (Lipinski definition) is 6. The van der Waals surface area contributed by atoms with Crippen LogP contribution in [0, 0.1) is 0 Å². The third kappa shape index (κ3) is 6.00. The number of carbonyl (C=O) groups excluding carboxylic acids is 1. The molecule has 7 heteroatoms. The van der Waals surface area contributed by atoms with Gasteiger partial charge in [0.1, 0.15) is 0 Å². The predicted molar refractivity (Wildman–Crippen MR) is 128 cm³/mol. The Bertz CT molecular complexity index is 955. The number of morpholine rings is 1. The van der Waals surface area contributed by atoms with E-state index < -0.39 is 5.91 Å². The summed E-state index contributed by atoms with van der Waals surface area (Å²) in [5, 5.41) is 18.3. The smallest absolute Gasteiger partial charge is 0.267 e. The van der Waals surface area contributed by atoms with E-state index >= 15 is 0 Å². The maximum atomic E-state index is 11.2. The van der Waals surface area contributed by atoms with Gasteiger partial charge in [-0.05, 0) is 59.7 Å². The van der Waals surface area contributed by atoms with Gasteiger partial charge in [0.25, 0.3) is 5.91 Å². The van der Waals surface area contributed by atoms with Crippen molar-refractivity contribution < 1.29 is 19.8 Å². The summed E-state index contributed by atoms with van der Waals surface area (Å²) in [6, 6.07) is 15.4. The van der Waals surface area contributed by atoms with Crippen LogP contribution in [0.3, 0.4) is 0 Å². The van der Waals surface area contributed by atoms with E-state index in [-0.39, 0.29) is 6.61 Å². The second-order valence-electron chi connectivity index (χ2n) is 8.60. The molecule has 0 spiro atoms. The van der Waals surface area contributed by atoms with Gasteiger partial charge in [-0.1, -0.05) is 30.3 Å². The topological polar surface area (TPSA) is 85.3 Å². The molecular weight excluding hydrogens is 418 g/mol. The number of nitrogens with one attached hydrogen (secondary N) is 1. The molecule has 0 bridgehead atoms. The highest BCUT2D eigenvalue weighted by Crippen LogP contribution is 2.36. The summed E-state index contributed by atoms with van der Waals surface area (Å²) in [6.45, 7) is 5.13. The van der Waals surface area contributed by atoms with E-state index in [0.29, 0.717) is 12.6 Å². The number of nitrogens with zero attached hydrogens (tertiary/aromatic N) is 2. The highest BCUT2D eigenvalue weighted by Gasteiger charge is 2.27. The first-order chi connectivity index (χ1) is 16.2. The number of rotatable bonds is 9. The van der Waals surface area contributed by atoms with Gasteiger partial charge in [-0.2, -0.15) is 0 Å². The van der Waals surface area contributed by atoms with Gasteiger partial charge in [0, 0.05) is 44.0 Å². The van der Waals surface area contributed by atoms with Gasteiger partial charge in [0.05, 0.1) is 19.8 Å². The van der Waals surface area contributed by atoms with Gasteiger partial charge in [-0.15, -0.1) is 0 Å². The second-order valence-corrected chi connectivity index (χ2v) is 8.60. The van der Waals surface area contributed by atoms with E-state index in [1.54, 1.807) is 11.6 Å². The number of hydrogen-bond donors (Lipinski definition) is 3. The number of amides is 1. The molecule has 2 aromatic rings. The van der Waals surface area contributed by atoms with E-state index in [1.165, 1.54) is 28.5 Å². The molecule has 1 aliphatic carbocycles. The van der Waals surface area contributed by atoms with Crippen molar-refractivity contribution >= 4 is 17.7 Å². The number of aliphatic hydroxyl groups excluding tert-OH is 1. The lowest BCUT2D eigenvalue weighted by Gasteiger charge is -2.30. The Morgan fingerprint density at radius 2 is 1.94 bits per heavy atom. The SMILES string of the molecule is O=C(C=Cc1ccc2c(c1)CCC2N(CCO)CCc1ccc(N2CCOCC2)cc1)NO. The molecule has 176 valence electrons. The van der Waals surface area contributed by atoms with Gasteiger partial charge in [0.2, 0.25) is 0 Å². The molecule has 1 unspecified atom stereocenters. The zero-order chi connectivity index (χ0) is 23.0. The molecule has 1 atom stereocenters. The molecule has 1 saturated heterocycles. The minimum absolute atomic E-state index is 0.138. The van der Waals surface area contributed by atoms with Crippen molar-refractivity contribution in [3.63, 3.8) is 0 Å². The lowest BCUT2D eigenvalue weighted by atomic mass is 10.0. The zero-order valence-corrected chi connectivity index (χ0v) is 18.9. The summed E-state index contributed by atoms with van der Waals surface area (Å²) in [6.07, 6.45) is 5.95. The molecule has 2 aromatic carbocycles. The fraction of sp³-hybridized carbons (Fsp3) is 0.423. The Balaban J connectivity index is 1.39. The average Bonchev–Trinajstić information content (AvgIpc) is 3.29. The lowest BCUT2D eigenvalue weighted by molar-refractivity contribution is -0.124. The number of fused-ring (bicyclic) bond motifs is 1. The van der Waals surface area contributed by atoms with Crippen LogP contribution in [0.4, 0.5) is 5.69 Å². The first-order valence-corrected chi connectivity index (χ1v) is 11.7. The first-order valence-electron chi connectivity index (χ1n) is 11.7. The van der Waals surface area contributed by atoms with Crippen LogP contribution in [0.25, 0.3) is 6.08 Å². The molecular formula is C26H33N3O4. The summed E-state index contributed by atoms with van der Waals surface area (Å²) < 4.78 is 5.44. The predicted octanol–water partition coefficient (Wildman–Crippen LogP) is 2.57. The number of anilines is 1. The molecule has 0 saturated carbocycles. The van der Waals surface area contributed by atoms with Crippen molar-refractivity contribution in [2.45, 2.75) is 25.3 Å². The summed E-state index contributed by atoms with van der Waals surface area (Å²) in [5.74, 6) is -0.541. The number of aryl methyl sites for hydroxylation is 1. The lowest BCUT2D eigenvalue weighted by Crippen LogP contribution is -2.36. The van der Waals surface area contributed by atoms with Crippen LogP contribution < -0.4 is 10.4 Å². The van der Waals surface area contributed by atoms with Crippen LogP contribution in [0.5, 0.6) is 0 Å². The number of ether oxygens (including phenoxy) is 1. The molecule has 1 aliphatic heterocycles. The molecule has 1 fully saturated rings. The number of hydroxylamine groups is 1. The molecule has 7 nitrogen and oxygen atoms in total. The standard InChI is InChI=1S/C26H33N3O4/c30-16-13-29(12-11-20-1-6-23(7-2-20)28-14-17-33-18-15-28)25-9-5-22-19-21(3-8-24(22)25)4-10-26(31)27-32/h1-4,6-8,10,19,25,30,32H,5,9,11-18H2,(H,27,31). The fourth-order valence-electron chi connectivity index (χ4n) is 4.83. The summed E-state index contributed by atoms with van der Waals surface area (Å²) in [4.78, 5) is 16.0. The van der Waals surface area contributed by atoms with Gasteiger partial charge in [-0.25, -0.2) is 5.48 Å². The highest BCUT2D eigenvalue weighted by atomic mass is 16.5. The van der Waals surface area contributed by atoms with Crippen molar-refractivity contribution in [3.05, 3.63) is 70.8 Å². The molecule has 1 heterocycles. The van der Waals surface area contributed by atoms with Crippen LogP contribution in [0.2, 0.25) is 0 Å². The van der Waals surface area contributed by atoms with Crippen LogP contribution in [-0.2, 0) is 22.4 Å². The van der Waals surface area contributed by atoms with E-state index in [9.17, 15) is 9.90 Å². The molecule has 33 heavy (non-hydrogen) atoms. The van der Waals surface area contributed by atoms with Crippen LogP contribution in [0.1, 0.15) is 34.7 Å². The maximum absolute atomic E-state index is 11.2. The van der Waals surface area contributed by atoms with E-state index in [0.717, 1.165) is 57.7 Å². The maximum Gasteiger partial charge on any atom is 0.267 e. The summed E-state index contributed by atoms with van der Waals surface area (Å²) in [7, 11) is 0. The average molecular weight is 452 g/mol.